The van der Waals surface area contributed by atoms with Crippen LogP contribution in [0, 0.1) is 11.2 Å². The summed E-state index contributed by atoms with van der Waals surface area (Å²) in [5.74, 6) is -1.21. The van der Waals surface area contributed by atoms with Gasteiger partial charge in [-0.05, 0) is 41.5 Å². The first-order chi connectivity index (χ1) is 9.52. The molecule has 0 aliphatic heterocycles. The molecule has 0 saturated heterocycles. The quantitative estimate of drug-likeness (QED) is 0.933. The highest BCUT2D eigenvalue weighted by molar-refractivity contribution is 6.30. The molecule has 8 heteroatoms. The molecule has 1 aliphatic rings. The molecule has 1 aromatic carbocycles. The van der Waals surface area contributed by atoms with E-state index in [1.54, 1.807) is 0 Å². The minimum Gasteiger partial charge on any atom is -0.481 e. The molecule has 3 rings (SSSR count). The lowest BCUT2D eigenvalue weighted by atomic mass is 10.1. The van der Waals surface area contributed by atoms with Crippen molar-refractivity contribution in [1.82, 2.24) is 20.2 Å². The Hall–Kier alpha value is -2.02. The Bertz CT molecular complexity index is 684. The molecule has 0 unspecified atom stereocenters. The second-order valence-corrected chi connectivity index (χ2v) is 5.31. The highest BCUT2D eigenvalue weighted by Gasteiger charge is 2.51. The lowest BCUT2D eigenvalue weighted by Crippen LogP contribution is -2.22. The predicted octanol–water partition coefficient (Wildman–Crippen LogP) is 2.00. The van der Waals surface area contributed by atoms with Crippen LogP contribution in [0.1, 0.15) is 12.8 Å². The number of carboxylic acids is 1. The van der Waals surface area contributed by atoms with Crippen LogP contribution >= 0.6 is 11.6 Å². The molecule has 6 nitrogen and oxygen atoms in total. The van der Waals surface area contributed by atoms with Crippen LogP contribution in [0.15, 0.2) is 18.2 Å². The van der Waals surface area contributed by atoms with Gasteiger partial charge in [0, 0.05) is 5.02 Å². The van der Waals surface area contributed by atoms with Crippen LogP contribution in [0.3, 0.4) is 0 Å². The molecule has 0 atom stereocenters. The molecule has 1 aliphatic carbocycles. The second-order valence-electron chi connectivity index (χ2n) is 4.87. The third-order valence-electron chi connectivity index (χ3n) is 3.46. The molecule has 0 radical (unpaired) electrons. The fourth-order valence-electron chi connectivity index (χ4n) is 2.05. The number of carbonyl (C=O) groups is 1. The van der Waals surface area contributed by atoms with Gasteiger partial charge in [0.25, 0.3) is 0 Å². The molecule has 1 N–H and O–H groups in total. The maximum absolute atomic E-state index is 13.8. The molecule has 0 bridgehead atoms. The van der Waals surface area contributed by atoms with Crippen molar-refractivity contribution >= 4 is 17.6 Å². The Labute approximate surface area is 118 Å². The number of rotatable bonds is 4. The van der Waals surface area contributed by atoms with Crippen molar-refractivity contribution in [3.8, 4) is 11.4 Å². The van der Waals surface area contributed by atoms with Gasteiger partial charge in [0.2, 0.25) is 0 Å². The van der Waals surface area contributed by atoms with Gasteiger partial charge in [-0.15, -0.1) is 5.10 Å². The maximum Gasteiger partial charge on any atom is 0.311 e. The van der Waals surface area contributed by atoms with E-state index in [0.717, 1.165) is 0 Å². The monoisotopic (exact) mass is 296 g/mol. The molecule has 2 aromatic rings. The van der Waals surface area contributed by atoms with Crippen LogP contribution in [0.5, 0.6) is 0 Å². The first kappa shape index (κ1) is 13.0. The first-order valence-corrected chi connectivity index (χ1v) is 6.35. The molecular formula is C12H10ClFN4O2. The number of benzene rings is 1. The number of hydrogen-bond acceptors (Lipinski definition) is 4. The Morgan fingerprint density at radius 3 is 2.90 bits per heavy atom. The number of halogens is 2. The molecule has 1 heterocycles. The fourth-order valence-corrected chi connectivity index (χ4v) is 2.22. The number of aliphatic carboxylic acids is 1. The van der Waals surface area contributed by atoms with E-state index < -0.39 is 17.2 Å². The van der Waals surface area contributed by atoms with Crippen LogP contribution in [0.25, 0.3) is 11.4 Å². The summed E-state index contributed by atoms with van der Waals surface area (Å²) in [5, 5.41) is 20.6. The van der Waals surface area contributed by atoms with E-state index in [2.05, 4.69) is 15.5 Å². The van der Waals surface area contributed by atoms with Gasteiger partial charge in [0.15, 0.2) is 5.82 Å². The molecule has 1 aromatic heterocycles. The van der Waals surface area contributed by atoms with Crippen molar-refractivity contribution in [2.45, 2.75) is 19.4 Å². The number of carboxylic acid groups (broad SMARTS) is 1. The lowest BCUT2D eigenvalue weighted by molar-refractivity contribution is -0.144. The van der Waals surface area contributed by atoms with Gasteiger partial charge in [-0.3, -0.25) is 4.79 Å². The lowest BCUT2D eigenvalue weighted by Gasteiger charge is -2.11. The van der Waals surface area contributed by atoms with Crippen molar-refractivity contribution in [1.29, 1.82) is 0 Å². The van der Waals surface area contributed by atoms with Crippen LogP contribution in [-0.4, -0.2) is 31.3 Å². The zero-order chi connectivity index (χ0) is 14.3. The minimum absolute atomic E-state index is 0.122. The third-order valence-corrected chi connectivity index (χ3v) is 3.70. The molecule has 1 saturated carbocycles. The molecule has 104 valence electrons. The van der Waals surface area contributed by atoms with E-state index in [9.17, 15) is 14.3 Å². The van der Waals surface area contributed by atoms with Gasteiger partial charge in [0.05, 0.1) is 17.5 Å². The van der Waals surface area contributed by atoms with Crippen LogP contribution in [0.2, 0.25) is 5.02 Å². The van der Waals surface area contributed by atoms with Crippen molar-refractivity contribution in [2.75, 3.05) is 0 Å². The van der Waals surface area contributed by atoms with Gasteiger partial charge in [-0.2, -0.15) is 0 Å². The summed E-state index contributed by atoms with van der Waals surface area (Å²) >= 11 is 5.84. The molecule has 0 spiro atoms. The summed E-state index contributed by atoms with van der Waals surface area (Å²) in [7, 11) is 0. The van der Waals surface area contributed by atoms with Crippen LogP contribution in [-0.2, 0) is 11.3 Å². The summed E-state index contributed by atoms with van der Waals surface area (Å²) in [6, 6.07) is 4.06. The highest BCUT2D eigenvalue weighted by atomic mass is 35.5. The van der Waals surface area contributed by atoms with Crippen LogP contribution < -0.4 is 0 Å². The Morgan fingerprint density at radius 1 is 1.50 bits per heavy atom. The highest BCUT2D eigenvalue weighted by Crippen LogP contribution is 2.47. The number of tetrazole rings is 1. The first-order valence-electron chi connectivity index (χ1n) is 5.97. The van der Waals surface area contributed by atoms with Crippen molar-refractivity contribution in [2.24, 2.45) is 5.41 Å². The van der Waals surface area contributed by atoms with E-state index in [1.165, 1.54) is 22.9 Å². The van der Waals surface area contributed by atoms with Crippen LogP contribution in [0.4, 0.5) is 4.39 Å². The van der Waals surface area contributed by atoms with Crippen molar-refractivity contribution in [3.05, 3.63) is 29.0 Å². The summed E-state index contributed by atoms with van der Waals surface area (Å²) in [6.07, 6.45) is 1.14. The standard InChI is InChI=1S/C12H10ClFN4O2/c13-7-1-2-9(14)8(5-7)10-15-16-17-18(10)6-12(3-4-12)11(19)20/h1-2,5H,3-4,6H2,(H,19,20). The zero-order valence-electron chi connectivity index (χ0n) is 10.3. The van der Waals surface area contributed by atoms with Gasteiger partial charge >= 0.3 is 5.97 Å². The summed E-state index contributed by atoms with van der Waals surface area (Å²) in [5.41, 5.74) is -0.678. The van der Waals surface area contributed by atoms with E-state index >= 15 is 0 Å². The molecule has 1 fully saturated rings. The SMILES string of the molecule is O=C(O)C1(Cn2nnnc2-c2cc(Cl)ccc2F)CC1. The predicted molar refractivity (Wildman–Crippen MR) is 67.5 cm³/mol. The van der Waals surface area contributed by atoms with E-state index in [0.29, 0.717) is 17.9 Å². The maximum atomic E-state index is 13.8. The van der Waals surface area contributed by atoms with Gasteiger partial charge in [-0.1, -0.05) is 11.6 Å². The molecule has 0 amide bonds. The number of nitrogens with zero attached hydrogens (tertiary/aromatic N) is 4. The van der Waals surface area contributed by atoms with Crippen molar-refractivity contribution < 1.29 is 14.3 Å². The smallest absolute Gasteiger partial charge is 0.311 e. The van der Waals surface area contributed by atoms with Gasteiger partial charge < -0.3 is 5.11 Å². The summed E-state index contributed by atoms with van der Waals surface area (Å²) in [6.45, 7) is 0.122. The average molecular weight is 297 g/mol. The molecular weight excluding hydrogens is 287 g/mol. The fraction of sp³-hybridized carbons (Fsp3) is 0.333. The minimum atomic E-state index is -0.884. The largest absolute Gasteiger partial charge is 0.481 e. The van der Waals surface area contributed by atoms with E-state index in [4.69, 9.17) is 11.6 Å². The van der Waals surface area contributed by atoms with E-state index in [1.807, 2.05) is 0 Å². The Balaban J connectivity index is 1.98. The second kappa shape index (κ2) is 4.52. The third kappa shape index (κ3) is 2.14. The zero-order valence-corrected chi connectivity index (χ0v) is 11.0. The molecule has 20 heavy (non-hydrogen) atoms. The Kier molecular flexibility index (Phi) is 2.93. The van der Waals surface area contributed by atoms with Gasteiger partial charge in [0.1, 0.15) is 5.82 Å². The average Bonchev–Trinajstić information content (AvgIpc) is 3.05. The number of hydrogen-bond donors (Lipinski definition) is 1. The normalized spacial score (nSPS) is 16.1. The Morgan fingerprint density at radius 2 is 2.25 bits per heavy atom. The van der Waals surface area contributed by atoms with Crippen molar-refractivity contribution in [3.63, 3.8) is 0 Å². The summed E-state index contributed by atoms with van der Waals surface area (Å²) in [4.78, 5) is 11.2. The summed E-state index contributed by atoms with van der Waals surface area (Å²) < 4.78 is 15.2. The van der Waals surface area contributed by atoms with E-state index in [-0.39, 0.29) is 17.9 Å². The topological polar surface area (TPSA) is 80.9 Å². The van der Waals surface area contributed by atoms with Gasteiger partial charge in [-0.25, -0.2) is 9.07 Å². The number of aromatic nitrogens is 4.